The minimum Gasteiger partial charge on any atom is -0.354 e. The van der Waals surface area contributed by atoms with Crippen LogP contribution in [0, 0.1) is 12.8 Å². The first-order valence-corrected chi connectivity index (χ1v) is 10.1. The van der Waals surface area contributed by atoms with Crippen LogP contribution in [0.3, 0.4) is 0 Å². The molecule has 0 bridgehead atoms. The molecule has 0 radical (unpaired) electrons. The van der Waals surface area contributed by atoms with Gasteiger partial charge in [-0.2, -0.15) is 0 Å². The van der Waals surface area contributed by atoms with Crippen LogP contribution in [0.1, 0.15) is 62.8 Å². The van der Waals surface area contributed by atoms with E-state index in [0.29, 0.717) is 12.0 Å². The number of allylic oxidation sites excluding steroid dienone is 1. The summed E-state index contributed by atoms with van der Waals surface area (Å²) < 4.78 is 2.24. The van der Waals surface area contributed by atoms with Crippen LogP contribution < -0.4 is 5.32 Å². The molecule has 1 aliphatic carbocycles. The van der Waals surface area contributed by atoms with Crippen LogP contribution in [-0.4, -0.2) is 31.0 Å². The van der Waals surface area contributed by atoms with Crippen LogP contribution in [0.4, 0.5) is 5.95 Å². The monoisotopic (exact) mass is 376 g/mol. The molecular formula is C22H28N6. The summed E-state index contributed by atoms with van der Waals surface area (Å²) in [6.07, 6.45) is 8.06. The molecule has 1 N–H and O–H groups in total. The number of imidazole rings is 1. The van der Waals surface area contributed by atoms with Crippen LogP contribution in [-0.2, 0) is 6.42 Å². The minimum absolute atomic E-state index is 0.340. The standard InChI is InChI=1S/C22H28N6/c1-13(2)10-24-22-25-12-18-17(7-6-8-19(18)27-22)16-9-20-21(23-11-16)26-15(5)28(20)14(3)4/h7,9,11-14H,6,8,10H2,1-5H3,(H,24,25,27). The minimum atomic E-state index is 0.340. The maximum atomic E-state index is 4.77. The predicted molar refractivity (Wildman–Crippen MR) is 113 cm³/mol. The van der Waals surface area contributed by atoms with Gasteiger partial charge in [0.2, 0.25) is 5.95 Å². The van der Waals surface area contributed by atoms with Gasteiger partial charge in [-0.25, -0.2) is 19.9 Å². The van der Waals surface area contributed by atoms with Gasteiger partial charge in [0.25, 0.3) is 0 Å². The highest BCUT2D eigenvalue weighted by Gasteiger charge is 2.19. The molecule has 0 fully saturated rings. The van der Waals surface area contributed by atoms with Gasteiger partial charge >= 0.3 is 0 Å². The Kier molecular flexibility index (Phi) is 4.87. The number of nitrogens with zero attached hydrogens (tertiary/aromatic N) is 5. The molecule has 3 aromatic rings. The number of rotatable bonds is 5. The highest BCUT2D eigenvalue weighted by Crippen LogP contribution is 2.32. The van der Waals surface area contributed by atoms with Crippen molar-refractivity contribution in [3.8, 4) is 0 Å². The van der Waals surface area contributed by atoms with Gasteiger partial charge in [0.05, 0.1) is 11.2 Å². The number of anilines is 1. The maximum Gasteiger partial charge on any atom is 0.222 e. The van der Waals surface area contributed by atoms with E-state index >= 15 is 0 Å². The molecule has 0 spiro atoms. The summed E-state index contributed by atoms with van der Waals surface area (Å²) in [4.78, 5) is 18.6. The van der Waals surface area contributed by atoms with Crippen molar-refractivity contribution in [2.75, 3.05) is 11.9 Å². The summed E-state index contributed by atoms with van der Waals surface area (Å²) in [5, 5.41) is 3.33. The molecule has 0 aliphatic heterocycles. The van der Waals surface area contributed by atoms with E-state index in [9.17, 15) is 0 Å². The Morgan fingerprint density at radius 1 is 1.11 bits per heavy atom. The Morgan fingerprint density at radius 2 is 1.93 bits per heavy atom. The first-order valence-electron chi connectivity index (χ1n) is 10.1. The molecular weight excluding hydrogens is 348 g/mol. The van der Waals surface area contributed by atoms with Crippen molar-refractivity contribution >= 4 is 22.7 Å². The number of pyridine rings is 1. The lowest BCUT2D eigenvalue weighted by atomic mass is 9.91. The maximum absolute atomic E-state index is 4.77. The van der Waals surface area contributed by atoms with Crippen LogP contribution in [0.25, 0.3) is 16.7 Å². The van der Waals surface area contributed by atoms with Crippen molar-refractivity contribution in [2.24, 2.45) is 5.92 Å². The number of aryl methyl sites for hydroxylation is 2. The fourth-order valence-corrected chi connectivity index (χ4v) is 3.84. The van der Waals surface area contributed by atoms with Gasteiger partial charge in [-0.15, -0.1) is 0 Å². The predicted octanol–water partition coefficient (Wildman–Crippen LogP) is 4.56. The third-order valence-electron chi connectivity index (χ3n) is 5.11. The van der Waals surface area contributed by atoms with Crippen LogP contribution in [0.2, 0.25) is 0 Å². The second-order valence-electron chi connectivity index (χ2n) is 8.17. The zero-order chi connectivity index (χ0) is 19.8. The second-order valence-corrected chi connectivity index (χ2v) is 8.17. The van der Waals surface area contributed by atoms with Crippen molar-refractivity contribution in [1.82, 2.24) is 24.5 Å². The van der Waals surface area contributed by atoms with E-state index in [-0.39, 0.29) is 0 Å². The Hall–Kier alpha value is -2.76. The molecule has 0 saturated carbocycles. The number of fused-ring (bicyclic) bond motifs is 2. The Bertz CT molecular complexity index is 1040. The molecule has 6 nitrogen and oxygen atoms in total. The summed E-state index contributed by atoms with van der Waals surface area (Å²) in [5.74, 6) is 2.27. The van der Waals surface area contributed by atoms with Gasteiger partial charge in [0, 0.05) is 36.1 Å². The quantitative estimate of drug-likeness (QED) is 0.707. The molecule has 3 heterocycles. The number of hydrogen-bond donors (Lipinski definition) is 1. The van der Waals surface area contributed by atoms with Gasteiger partial charge in [-0.1, -0.05) is 19.9 Å². The van der Waals surface area contributed by atoms with E-state index in [1.165, 1.54) is 5.57 Å². The highest BCUT2D eigenvalue weighted by molar-refractivity contribution is 5.85. The molecule has 1 aliphatic rings. The van der Waals surface area contributed by atoms with Crippen molar-refractivity contribution in [3.05, 3.63) is 47.2 Å². The van der Waals surface area contributed by atoms with Crippen molar-refractivity contribution in [2.45, 2.75) is 53.5 Å². The van der Waals surface area contributed by atoms with E-state index in [4.69, 9.17) is 4.98 Å². The third-order valence-corrected chi connectivity index (χ3v) is 5.11. The summed E-state index contributed by atoms with van der Waals surface area (Å²) >= 11 is 0. The molecule has 0 atom stereocenters. The lowest BCUT2D eigenvalue weighted by Gasteiger charge is -2.18. The van der Waals surface area contributed by atoms with E-state index < -0.39 is 0 Å². The van der Waals surface area contributed by atoms with Crippen LogP contribution in [0.5, 0.6) is 0 Å². The lowest BCUT2D eigenvalue weighted by Crippen LogP contribution is -2.13. The van der Waals surface area contributed by atoms with Crippen molar-refractivity contribution in [3.63, 3.8) is 0 Å². The van der Waals surface area contributed by atoms with Gasteiger partial charge in [-0.3, -0.25) is 0 Å². The van der Waals surface area contributed by atoms with Crippen LogP contribution >= 0.6 is 0 Å². The summed E-state index contributed by atoms with van der Waals surface area (Å²) in [7, 11) is 0. The first kappa shape index (κ1) is 18.6. The summed E-state index contributed by atoms with van der Waals surface area (Å²) in [6, 6.07) is 2.54. The number of nitrogens with one attached hydrogen (secondary N) is 1. The molecule has 0 unspecified atom stereocenters. The first-order chi connectivity index (χ1) is 13.4. The molecule has 3 aromatic heterocycles. The third kappa shape index (κ3) is 3.39. The summed E-state index contributed by atoms with van der Waals surface area (Å²) in [5.41, 5.74) is 6.36. The molecule has 146 valence electrons. The highest BCUT2D eigenvalue weighted by atomic mass is 15.1. The Balaban J connectivity index is 1.73. The fourth-order valence-electron chi connectivity index (χ4n) is 3.84. The van der Waals surface area contributed by atoms with Crippen LogP contribution in [0.15, 0.2) is 24.5 Å². The van der Waals surface area contributed by atoms with Crippen molar-refractivity contribution < 1.29 is 0 Å². The van der Waals surface area contributed by atoms with E-state index in [1.807, 2.05) is 19.3 Å². The van der Waals surface area contributed by atoms with E-state index in [2.05, 4.69) is 64.7 Å². The van der Waals surface area contributed by atoms with Crippen molar-refractivity contribution in [1.29, 1.82) is 0 Å². The van der Waals surface area contributed by atoms with E-state index in [0.717, 1.165) is 59.1 Å². The zero-order valence-corrected chi connectivity index (χ0v) is 17.3. The normalized spacial score (nSPS) is 13.9. The number of aromatic nitrogens is 5. The number of hydrogen-bond acceptors (Lipinski definition) is 5. The largest absolute Gasteiger partial charge is 0.354 e. The van der Waals surface area contributed by atoms with Gasteiger partial charge in [0.15, 0.2) is 5.65 Å². The Labute approximate surface area is 166 Å². The lowest BCUT2D eigenvalue weighted by molar-refractivity contribution is 0.600. The topological polar surface area (TPSA) is 68.5 Å². The molecule has 0 saturated heterocycles. The fraction of sp³-hybridized carbons (Fsp3) is 0.455. The zero-order valence-electron chi connectivity index (χ0n) is 17.3. The summed E-state index contributed by atoms with van der Waals surface area (Å²) in [6.45, 7) is 11.6. The van der Waals surface area contributed by atoms with Gasteiger partial charge in [-0.05, 0) is 51.2 Å². The molecule has 4 rings (SSSR count). The second kappa shape index (κ2) is 7.34. The smallest absolute Gasteiger partial charge is 0.222 e. The average molecular weight is 377 g/mol. The average Bonchev–Trinajstić information content (AvgIpc) is 3.00. The van der Waals surface area contributed by atoms with E-state index in [1.54, 1.807) is 0 Å². The SMILES string of the molecule is Cc1nc2ncc(C3=CCCc4nc(NCC(C)C)ncc43)cc2n1C(C)C. The molecule has 0 amide bonds. The molecule has 0 aromatic carbocycles. The molecule has 28 heavy (non-hydrogen) atoms. The Morgan fingerprint density at radius 3 is 2.68 bits per heavy atom. The van der Waals surface area contributed by atoms with Gasteiger partial charge < -0.3 is 9.88 Å². The molecule has 6 heteroatoms. The van der Waals surface area contributed by atoms with Gasteiger partial charge in [0.1, 0.15) is 5.82 Å².